The molecule has 1 aromatic rings. The van der Waals surface area contributed by atoms with E-state index in [1.165, 1.54) is 0 Å². The molecule has 6 nitrogen and oxygen atoms in total. The zero-order valence-corrected chi connectivity index (χ0v) is 19.2. The third kappa shape index (κ3) is 4.78. The monoisotopic (exact) mass is 588 g/mol. The van der Waals surface area contributed by atoms with Gasteiger partial charge < -0.3 is 15.0 Å². The van der Waals surface area contributed by atoms with Crippen molar-refractivity contribution in [2.24, 2.45) is 0 Å². The molecule has 1 N–H and O–H groups in total. The maximum atomic E-state index is 14.1. The first-order valence-electron chi connectivity index (χ1n) is 8.96. The van der Waals surface area contributed by atoms with Crippen molar-refractivity contribution in [1.82, 2.24) is 4.90 Å². The summed E-state index contributed by atoms with van der Waals surface area (Å²) >= 11 is -0.0646. The lowest BCUT2D eigenvalue weighted by Gasteiger charge is -2.39. The highest BCUT2D eigenvalue weighted by Crippen LogP contribution is 2.60. The minimum Gasteiger partial charge on any atom is -0.465 e. The molecule has 0 saturated carbocycles. The second-order valence-corrected chi connectivity index (χ2v) is 8.30. The molecule has 2 amide bonds. The van der Waals surface area contributed by atoms with Crippen molar-refractivity contribution < 1.29 is 76.2 Å². The van der Waals surface area contributed by atoms with Crippen LogP contribution in [0.4, 0.5) is 62.1 Å². The lowest BCUT2D eigenvalue weighted by Crippen LogP contribution is -2.71. The number of rotatable bonds is 8. The highest BCUT2D eigenvalue weighted by atomic mass is 32.1. The Balaban J connectivity index is 3.64. The Morgan fingerprint density at radius 1 is 0.784 bits per heavy atom. The zero-order valence-electron chi connectivity index (χ0n) is 18.4. The Bertz CT molecular complexity index is 1080. The first kappa shape index (κ1) is 32.2. The van der Waals surface area contributed by atoms with Gasteiger partial charge in [0.25, 0.3) is 5.91 Å². The van der Waals surface area contributed by atoms with E-state index in [4.69, 9.17) is 0 Å². The van der Waals surface area contributed by atoms with Gasteiger partial charge in [-0.05, 0) is 12.5 Å². The third-order valence-electron chi connectivity index (χ3n) is 4.58. The van der Waals surface area contributed by atoms with Crippen LogP contribution < -0.4 is 5.32 Å². The number of hydrogen-bond acceptors (Lipinski definition) is 5. The number of nitrogens with zero attached hydrogens (tertiary/aromatic N) is 1. The van der Waals surface area contributed by atoms with Gasteiger partial charge in [0.1, 0.15) is 5.00 Å². The summed E-state index contributed by atoms with van der Waals surface area (Å²) in [5.41, 5.74) is -1.37. The summed E-state index contributed by atoms with van der Waals surface area (Å²) in [6.45, 7) is 0.968. The summed E-state index contributed by atoms with van der Waals surface area (Å²) in [6.07, 6.45) is -7.60. The number of nitrogens with one attached hydrogen (secondary N) is 1. The van der Waals surface area contributed by atoms with Gasteiger partial charge in [0, 0.05) is 14.1 Å². The Labute approximate surface area is 201 Å². The summed E-state index contributed by atoms with van der Waals surface area (Å²) < 4.78 is 177. The number of ether oxygens (including phenoxy) is 1. The number of carbonyl (C=O) groups excluding carboxylic acids is 3. The molecule has 0 radical (unpaired) electrons. The van der Waals surface area contributed by atoms with E-state index in [0.29, 0.717) is 7.11 Å². The summed E-state index contributed by atoms with van der Waals surface area (Å²) in [4.78, 5) is 36.3. The van der Waals surface area contributed by atoms with Crippen molar-refractivity contribution in [3.8, 4) is 0 Å². The van der Waals surface area contributed by atoms with E-state index in [1.54, 1.807) is 0 Å². The van der Waals surface area contributed by atoms with Gasteiger partial charge in [-0.25, -0.2) is 4.79 Å². The van der Waals surface area contributed by atoms with Crippen molar-refractivity contribution in [2.45, 2.75) is 42.7 Å². The summed E-state index contributed by atoms with van der Waals surface area (Å²) in [6, 6.07) is 0. The van der Waals surface area contributed by atoms with Crippen LogP contribution in [0.1, 0.15) is 25.6 Å². The van der Waals surface area contributed by atoms with E-state index < -0.39 is 74.6 Å². The number of thiophene rings is 1. The standard InChI is InChI=1S/C17H13F13N2O4S/c1-5-6(10(34)36-4)8(37-7(5)9(33)32(2)3)31-11(35)12(18,19)13(20,21)14(22,23)15(24,25)16(26,27)17(28,29)30/h1-4H3,(H,31,35). The molecule has 0 spiro atoms. The van der Waals surface area contributed by atoms with Gasteiger partial charge in [-0.15, -0.1) is 11.3 Å². The van der Waals surface area contributed by atoms with Gasteiger partial charge in [0.05, 0.1) is 17.6 Å². The van der Waals surface area contributed by atoms with Gasteiger partial charge in [0.2, 0.25) is 0 Å². The predicted octanol–water partition coefficient (Wildman–Crippen LogP) is 5.22. The zero-order chi connectivity index (χ0) is 29.7. The molecule has 1 heterocycles. The molecule has 1 aromatic heterocycles. The van der Waals surface area contributed by atoms with Crippen molar-refractivity contribution >= 4 is 34.1 Å². The first-order valence-corrected chi connectivity index (χ1v) is 9.77. The van der Waals surface area contributed by atoms with Crippen LogP contribution in [-0.2, 0) is 9.53 Å². The molecule has 0 aliphatic carbocycles. The molecule has 0 unspecified atom stereocenters. The van der Waals surface area contributed by atoms with Crippen molar-refractivity contribution in [3.63, 3.8) is 0 Å². The van der Waals surface area contributed by atoms with E-state index in [0.717, 1.165) is 31.2 Å². The van der Waals surface area contributed by atoms with E-state index >= 15 is 0 Å². The molecular weight excluding hydrogens is 575 g/mol. The molecule has 37 heavy (non-hydrogen) atoms. The molecule has 0 saturated heterocycles. The number of esters is 1. The third-order valence-corrected chi connectivity index (χ3v) is 5.78. The second kappa shape index (κ2) is 9.50. The van der Waals surface area contributed by atoms with Gasteiger partial charge >= 0.3 is 47.7 Å². The van der Waals surface area contributed by atoms with Crippen molar-refractivity contribution in [3.05, 3.63) is 16.0 Å². The fraction of sp³-hybridized carbons (Fsp3) is 0.588. The van der Waals surface area contributed by atoms with Crippen LogP contribution in [0.5, 0.6) is 0 Å². The molecule has 0 fully saturated rings. The lowest BCUT2D eigenvalue weighted by atomic mass is 9.93. The highest BCUT2D eigenvalue weighted by Gasteiger charge is 2.91. The summed E-state index contributed by atoms with van der Waals surface area (Å²) in [7, 11) is 2.97. The highest BCUT2D eigenvalue weighted by molar-refractivity contribution is 7.18. The van der Waals surface area contributed by atoms with Gasteiger partial charge in [-0.1, -0.05) is 0 Å². The molecule has 1 rings (SSSR count). The first-order chi connectivity index (χ1) is 16.3. The predicted molar refractivity (Wildman–Crippen MR) is 97.8 cm³/mol. The van der Waals surface area contributed by atoms with Crippen LogP contribution in [0, 0.1) is 6.92 Å². The van der Waals surface area contributed by atoms with Gasteiger partial charge in [0.15, 0.2) is 0 Å². The number of methoxy groups -OCH3 is 1. The second-order valence-electron chi connectivity index (χ2n) is 7.28. The number of anilines is 1. The lowest BCUT2D eigenvalue weighted by molar-refractivity contribution is -0.435. The largest absolute Gasteiger partial charge is 0.465 e. The van der Waals surface area contributed by atoms with Crippen LogP contribution in [0.15, 0.2) is 0 Å². The van der Waals surface area contributed by atoms with Crippen LogP contribution in [0.25, 0.3) is 0 Å². The van der Waals surface area contributed by atoms with Crippen LogP contribution in [0.3, 0.4) is 0 Å². The minimum absolute atomic E-state index is 0.0646. The fourth-order valence-electron chi connectivity index (χ4n) is 2.45. The number of halogens is 13. The molecule has 0 aliphatic heterocycles. The SMILES string of the molecule is COC(=O)c1c(NC(=O)C(F)(F)C(F)(F)C(F)(F)C(F)(F)C(F)(F)C(F)(F)F)sc(C(=O)N(C)C)c1C. The van der Waals surface area contributed by atoms with E-state index in [-0.39, 0.29) is 11.3 Å². The minimum atomic E-state index is -8.19. The maximum Gasteiger partial charge on any atom is 0.460 e. The average Bonchev–Trinajstić information content (AvgIpc) is 3.06. The Hall–Kier alpha value is -2.80. The molecule has 0 bridgehead atoms. The molecule has 0 aliphatic rings. The maximum absolute atomic E-state index is 14.1. The normalized spacial score (nSPS) is 13.9. The number of amides is 2. The van der Waals surface area contributed by atoms with Crippen LogP contribution in [0.2, 0.25) is 0 Å². The number of alkyl halides is 13. The molecule has 0 atom stereocenters. The summed E-state index contributed by atoms with van der Waals surface area (Å²) in [5, 5.41) is -0.421. The van der Waals surface area contributed by atoms with E-state index in [1.807, 2.05) is 0 Å². The van der Waals surface area contributed by atoms with Gasteiger partial charge in [-0.2, -0.15) is 57.1 Å². The molecule has 20 heteroatoms. The molecule has 212 valence electrons. The molecule has 0 aromatic carbocycles. The Kier molecular flexibility index (Phi) is 8.27. The van der Waals surface area contributed by atoms with E-state index in [9.17, 15) is 71.5 Å². The Morgan fingerprint density at radius 3 is 1.59 bits per heavy atom. The number of carbonyl (C=O) groups is 3. The Morgan fingerprint density at radius 2 is 1.22 bits per heavy atom. The number of hydrogen-bond donors (Lipinski definition) is 1. The van der Waals surface area contributed by atoms with E-state index in [2.05, 4.69) is 4.74 Å². The fourth-order valence-corrected chi connectivity index (χ4v) is 3.66. The quantitative estimate of drug-likeness (QED) is 0.334. The van der Waals surface area contributed by atoms with Crippen molar-refractivity contribution in [1.29, 1.82) is 0 Å². The van der Waals surface area contributed by atoms with Crippen LogP contribution in [-0.4, -0.2) is 79.7 Å². The van der Waals surface area contributed by atoms with Gasteiger partial charge in [-0.3, -0.25) is 9.59 Å². The molecular formula is C17H13F13N2O4S. The van der Waals surface area contributed by atoms with Crippen molar-refractivity contribution in [2.75, 3.05) is 26.5 Å². The summed E-state index contributed by atoms with van der Waals surface area (Å²) in [5.74, 6) is -45.4. The van der Waals surface area contributed by atoms with Crippen LogP contribution >= 0.6 is 11.3 Å². The topological polar surface area (TPSA) is 75.7 Å². The average molecular weight is 588 g/mol. The smallest absolute Gasteiger partial charge is 0.460 e.